The predicted molar refractivity (Wildman–Crippen MR) is 89.1 cm³/mol. The highest BCUT2D eigenvalue weighted by atomic mass is 16.5. The van der Waals surface area contributed by atoms with E-state index >= 15 is 0 Å². The molecule has 3 rings (SSSR count). The molecule has 3 aromatic rings. The Kier molecular flexibility index (Phi) is 4.48. The molecule has 24 heavy (non-hydrogen) atoms. The van der Waals surface area contributed by atoms with E-state index in [1.54, 1.807) is 56.8 Å². The molecular formula is C18H18N2O4. The minimum atomic E-state index is -0.992. The van der Waals surface area contributed by atoms with Gasteiger partial charge in [0.2, 0.25) is 0 Å². The third-order valence-corrected chi connectivity index (χ3v) is 3.82. The maximum absolute atomic E-state index is 12.3. The zero-order valence-corrected chi connectivity index (χ0v) is 13.4. The number of hydrogen-bond acceptors (Lipinski definition) is 5. The molecule has 0 saturated carbocycles. The number of hydrogen-bond donors (Lipinski definition) is 2. The second-order valence-corrected chi connectivity index (χ2v) is 5.23. The zero-order valence-electron chi connectivity index (χ0n) is 13.4. The summed E-state index contributed by atoms with van der Waals surface area (Å²) in [6.07, 6.45) is 2.20. The summed E-state index contributed by atoms with van der Waals surface area (Å²) >= 11 is 0. The van der Waals surface area contributed by atoms with E-state index in [2.05, 4.69) is 9.97 Å². The number of nitrogens with zero attached hydrogens (tertiary/aromatic N) is 1. The molecule has 2 aromatic heterocycles. The van der Waals surface area contributed by atoms with Crippen LogP contribution in [0, 0.1) is 0 Å². The average molecular weight is 326 g/mol. The number of aliphatic hydroxyl groups excluding tert-OH is 1. The molecule has 0 bridgehead atoms. The Morgan fingerprint density at radius 2 is 2.04 bits per heavy atom. The second-order valence-electron chi connectivity index (χ2n) is 5.23. The summed E-state index contributed by atoms with van der Waals surface area (Å²) in [6.45, 7) is 1.99. The zero-order chi connectivity index (χ0) is 17.1. The molecule has 0 radical (unpaired) electrons. The Bertz CT molecular complexity index is 858. The highest BCUT2D eigenvalue weighted by Crippen LogP contribution is 2.34. The first-order valence-corrected chi connectivity index (χ1v) is 7.60. The van der Waals surface area contributed by atoms with Crippen molar-refractivity contribution in [3.05, 3.63) is 59.5 Å². The number of fused-ring (bicyclic) bond motifs is 1. The quantitative estimate of drug-likeness (QED) is 0.704. The van der Waals surface area contributed by atoms with Crippen molar-refractivity contribution in [2.24, 2.45) is 0 Å². The third-order valence-electron chi connectivity index (χ3n) is 3.82. The van der Waals surface area contributed by atoms with Gasteiger partial charge in [0, 0.05) is 28.9 Å². The standard InChI is InChI=1S/C18H18N2O4/c1-3-24-18(22)16-15(17(21)11-6-8-19-9-7-11)13-10-12(23-2)4-5-14(13)20-16/h4-10,17,20-21H,3H2,1-2H3. The van der Waals surface area contributed by atoms with E-state index in [0.717, 1.165) is 5.52 Å². The summed E-state index contributed by atoms with van der Waals surface area (Å²) in [5.74, 6) is 0.135. The van der Waals surface area contributed by atoms with Crippen LogP contribution in [0.2, 0.25) is 0 Å². The lowest BCUT2D eigenvalue weighted by Crippen LogP contribution is -2.11. The molecule has 6 heteroatoms. The Morgan fingerprint density at radius 1 is 1.29 bits per heavy atom. The van der Waals surface area contributed by atoms with E-state index in [1.165, 1.54) is 0 Å². The number of rotatable bonds is 5. The first-order chi connectivity index (χ1) is 11.7. The molecule has 0 fully saturated rings. The molecule has 0 saturated heterocycles. The molecule has 0 aliphatic rings. The highest BCUT2D eigenvalue weighted by Gasteiger charge is 2.25. The summed E-state index contributed by atoms with van der Waals surface area (Å²) in [5.41, 5.74) is 2.07. The summed E-state index contributed by atoms with van der Waals surface area (Å²) in [5, 5.41) is 11.6. The minimum absolute atomic E-state index is 0.240. The monoisotopic (exact) mass is 326 g/mol. The van der Waals surface area contributed by atoms with Crippen molar-refractivity contribution in [1.82, 2.24) is 9.97 Å². The molecule has 2 N–H and O–H groups in total. The van der Waals surface area contributed by atoms with E-state index < -0.39 is 12.1 Å². The van der Waals surface area contributed by atoms with Gasteiger partial charge < -0.3 is 19.6 Å². The Labute approximate surface area is 139 Å². The number of carbonyl (C=O) groups is 1. The summed E-state index contributed by atoms with van der Waals surface area (Å²) in [7, 11) is 1.57. The van der Waals surface area contributed by atoms with Gasteiger partial charge >= 0.3 is 5.97 Å². The van der Waals surface area contributed by atoms with Crippen LogP contribution < -0.4 is 4.74 Å². The summed E-state index contributed by atoms with van der Waals surface area (Å²) < 4.78 is 10.4. The van der Waals surface area contributed by atoms with E-state index in [1.807, 2.05) is 0 Å². The largest absolute Gasteiger partial charge is 0.497 e. The fourth-order valence-electron chi connectivity index (χ4n) is 2.68. The van der Waals surface area contributed by atoms with Gasteiger partial charge in [-0.15, -0.1) is 0 Å². The molecule has 124 valence electrons. The second kappa shape index (κ2) is 6.72. The van der Waals surface area contributed by atoms with Crippen LogP contribution in [0.4, 0.5) is 0 Å². The van der Waals surface area contributed by atoms with Gasteiger partial charge in [-0.05, 0) is 42.8 Å². The lowest BCUT2D eigenvalue weighted by atomic mass is 9.99. The van der Waals surface area contributed by atoms with Crippen LogP contribution >= 0.6 is 0 Å². The number of carbonyl (C=O) groups excluding carboxylic acids is 1. The van der Waals surface area contributed by atoms with Crippen LogP contribution in [0.5, 0.6) is 5.75 Å². The number of nitrogens with one attached hydrogen (secondary N) is 1. The van der Waals surface area contributed by atoms with E-state index in [0.29, 0.717) is 22.3 Å². The average Bonchev–Trinajstić information content (AvgIpc) is 3.00. The Balaban J connectivity index is 2.21. The molecule has 0 amide bonds. The fraction of sp³-hybridized carbons (Fsp3) is 0.222. The van der Waals surface area contributed by atoms with Crippen molar-refractivity contribution in [3.8, 4) is 5.75 Å². The van der Waals surface area contributed by atoms with Crippen molar-refractivity contribution in [3.63, 3.8) is 0 Å². The predicted octanol–water partition coefficient (Wildman–Crippen LogP) is 2.83. The lowest BCUT2D eigenvalue weighted by Gasteiger charge is -2.13. The number of methoxy groups -OCH3 is 1. The number of aromatic amines is 1. The number of esters is 1. The summed E-state index contributed by atoms with van der Waals surface area (Å²) in [4.78, 5) is 19.3. The Hall–Kier alpha value is -2.86. The first kappa shape index (κ1) is 16.0. The maximum Gasteiger partial charge on any atom is 0.355 e. The van der Waals surface area contributed by atoms with Gasteiger partial charge in [-0.3, -0.25) is 4.98 Å². The smallest absolute Gasteiger partial charge is 0.355 e. The number of aliphatic hydroxyl groups is 1. The van der Waals surface area contributed by atoms with Crippen LogP contribution in [-0.4, -0.2) is 34.8 Å². The third kappa shape index (κ3) is 2.83. The van der Waals surface area contributed by atoms with Crippen LogP contribution in [0.3, 0.4) is 0 Å². The number of pyridine rings is 1. The van der Waals surface area contributed by atoms with Gasteiger partial charge in [-0.1, -0.05) is 0 Å². The molecule has 6 nitrogen and oxygen atoms in total. The van der Waals surface area contributed by atoms with Gasteiger partial charge in [-0.25, -0.2) is 4.79 Å². The van der Waals surface area contributed by atoms with E-state index in [-0.39, 0.29) is 12.3 Å². The van der Waals surface area contributed by atoms with Crippen molar-refractivity contribution in [2.75, 3.05) is 13.7 Å². The van der Waals surface area contributed by atoms with E-state index in [9.17, 15) is 9.90 Å². The molecule has 1 atom stereocenters. The van der Waals surface area contributed by atoms with Crippen LogP contribution in [-0.2, 0) is 4.74 Å². The molecule has 0 aliphatic heterocycles. The number of ether oxygens (including phenoxy) is 2. The normalized spacial score (nSPS) is 12.1. The highest BCUT2D eigenvalue weighted by molar-refractivity contribution is 5.99. The molecule has 0 aliphatic carbocycles. The molecule has 1 unspecified atom stereocenters. The minimum Gasteiger partial charge on any atom is -0.497 e. The van der Waals surface area contributed by atoms with Gasteiger partial charge in [-0.2, -0.15) is 0 Å². The van der Waals surface area contributed by atoms with Gasteiger partial charge in [0.05, 0.1) is 13.7 Å². The number of benzene rings is 1. The molecule has 2 heterocycles. The van der Waals surface area contributed by atoms with Crippen LogP contribution in [0.1, 0.15) is 34.6 Å². The fourth-order valence-corrected chi connectivity index (χ4v) is 2.68. The van der Waals surface area contributed by atoms with Crippen molar-refractivity contribution < 1.29 is 19.4 Å². The number of H-pyrrole nitrogens is 1. The van der Waals surface area contributed by atoms with Crippen LogP contribution in [0.25, 0.3) is 10.9 Å². The van der Waals surface area contributed by atoms with Gasteiger partial charge in [0.1, 0.15) is 17.5 Å². The summed E-state index contributed by atoms with van der Waals surface area (Å²) in [6, 6.07) is 8.79. The van der Waals surface area contributed by atoms with E-state index in [4.69, 9.17) is 9.47 Å². The molecule has 1 aromatic carbocycles. The topological polar surface area (TPSA) is 84.4 Å². The van der Waals surface area contributed by atoms with Gasteiger partial charge in [0.15, 0.2) is 0 Å². The van der Waals surface area contributed by atoms with Gasteiger partial charge in [0.25, 0.3) is 0 Å². The number of aromatic nitrogens is 2. The van der Waals surface area contributed by atoms with Crippen molar-refractivity contribution in [1.29, 1.82) is 0 Å². The maximum atomic E-state index is 12.3. The van der Waals surface area contributed by atoms with Crippen LogP contribution in [0.15, 0.2) is 42.7 Å². The molecule has 0 spiro atoms. The SMILES string of the molecule is CCOC(=O)c1[nH]c2ccc(OC)cc2c1C(O)c1ccncc1. The van der Waals surface area contributed by atoms with Crippen molar-refractivity contribution in [2.45, 2.75) is 13.0 Å². The van der Waals surface area contributed by atoms with Crippen molar-refractivity contribution >= 4 is 16.9 Å². The lowest BCUT2D eigenvalue weighted by molar-refractivity contribution is 0.0515. The first-order valence-electron chi connectivity index (χ1n) is 7.60. The molecular weight excluding hydrogens is 308 g/mol. The Morgan fingerprint density at radius 3 is 2.71 bits per heavy atom.